The van der Waals surface area contributed by atoms with E-state index >= 15 is 0 Å². The van der Waals surface area contributed by atoms with E-state index in [-0.39, 0.29) is 11.8 Å². The molecule has 0 aliphatic heterocycles. The molecule has 6 rings (SSSR count). The van der Waals surface area contributed by atoms with Crippen molar-refractivity contribution in [3.63, 3.8) is 0 Å². The van der Waals surface area contributed by atoms with Crippen LogP contribution in [0.5, 0.6) is 17.2 Å². The lowest BCUT2D eigenvalue weighted by molar-refractivity contribution is -0.138. The van der Waals surface area contributed by atoms with Crippen LogP contribution in [0.2, 0.25) is 0 Å². The van der Waals surface area contributed by atoms with Crippen molar-refractivity contribution >= 4 is 17.9 Å². The van der Waals surface area contributed by atoms with Crippen molar-refractivity contribution in [2.45, 2.75) is 69.4 Å². The van der Waals surface area contributed by atoms with Gasteiger partial charge in [-0.1, -0.05) is 50.1 Å². The number of esters is 3. The van der Waals surface area contributed by atoms with Crippen LogP contribution in [-0.2, 0) is 15.7 Å². The van der Waals surface area contributed by atoms with Crippen molar-refractivity contribution in [3.05, 3.63) is 125 Å². The second-order valence-electron chi connectivity index (χ2n) is 13.0. The molecule has 52 heavy (non-hydrogen) atoms. The highest BCUT2D eigenvalue weighted by molar-refractivity contribution is 5.93. The first-order chi connectivity index (χ1) is 25.1. The largest absolute Gasteiger partial charge is 0.494 e. The number of halogens is 3. The lowest BCUT2D eigenvalue weighted by Gasteiger charge is -2.21. The van der Waals surface area contributed by atoms with E-state index in [1.807, 2.05) is 0 Å². The average Bonchev–Trinajstić information content (AvgIpc) is 3.78. The van der Waals surface area contributed by atoms with Gasteiger partial charge < -0.3 is 18.9 Å². The van der Waals surface area contributed by atoms with E-state index in [4.69, 9.17) is 18.9 Å². The fourth-order valence-electron chi connectivity index (χ4n) is 6.93. The van der Waals surface area contributed by atoms with Crippen LogP contribution >= 0.6 is 0 Å². The summed E-state index contributed by atoms with van der Waals surface area (Å²) in [4.78, 5) is 37.5. The van der Waals surface area contributed by atoms with Crippen LogP contribution in [0.3, 0.4) is 0 Å². The van der Waals surface area contributed by atoms with Crippen LogP contribution in [0.15, 0.2) is 97.6 Å². The van der Waals surface area contributed by atoms with E-state index in [1.54, 1.807) is 60.7 Å². The molecule has 0 saturated heterocycles. The third-order valence-corrected chi connectivity index (χ3v) is 9.59. The SMILES string of the molecule is C=CC(=O)OCCCCCCCOc1ccc(C(=O)Oc2ccc(OC(=O)c3ccc(-c4ccc(C(F)(F)F)cc4)cc3)c3c2C2CCC3C2)cc1. The maximum absolute atomic E-state index is 13.2. The second kappa shape index (κ2) is 16.3. The molecule has 4 aromatic rings. The van der Waals surface area contributed by atoms with Crippen molar-refractivity contribution < 1.29 is 46.5 Å². The molecule has 2 bridgehead atoms. The molecule has 2 aliphatic rings. The average molecular weight is 713 g/mol. The normalized spacial score (nSPS) is 15.8. The van der Waals surface area contributed by atoms with Gasteiger partial charge in [0.1, 0.15) is 17.2 Å². The van der Waals surface area contributed by atoms with Crippen molar-refractivity contribution in [3.8, 4) is 28.4 Å². The van der Waals surface area contributed by atoms with E-state index < -0.39 is 29.6 Å². The van der Waals surface area contributed by atoms with E-state index in [1.165, 1.54) is 12.1 Å². The first kappa shape index (κ1) is 36.4. The predicted molar refractivity (Wildman–Crippen MR) is 189 cm³/mol. The molecular formula is C42H39F3O7. The quantitative estimate of drug-likeness (QED) is 0.0525. The van der Waals surface area contributed by atoms with E-state index in [2.05, 4.69) is 6.58 Å². The van der Waals surface area contributed by atoms with E-state index in [9.17, 15) is 27.6 Å². The summed E-state index contributed by atoms with van der Waals surface area (Å²) < 4.78 is 61.5. The summed E-state index contributed by atoms with van der Waals surface area (Å²) in [5.74, 6) is 0.516. The van der Waals surface area contributed by atoms with E-state index in [0.717, 1.165) is 80.7 Å². The van der Waals surface area contributed by atoms with Gasteiger partial charge in [-0.15, -0.1) is 0 Å². The zero-order valence-corrected chi connectivity index (χ0v) is 28.6. The number of carbonyl (C=O) groups is 3. The number of hydrogen-bond acceptors (Lipinski definition) is 7. The van der Waals surface area contributed by atoms with Gasteiger partial charge in [0.25, 0.3) is 0 Å². The number of ether oxygens (including phenoxy) is 4. The number of carbonyl (C=O) groups excluding carboxylic acids is 3. The van der Waals surface area contributed by atoms with Gasteiger partial charge in [-0.3, -0.25) is 0 Å². The third kappa shape index (κ3) is 8.73. The summed E-state index contributed by atoms with van der Waals surface area (Å²) in [5.41, 5.74) is 3.03. The smallest absolute Gasteiger partial charge is 0.416 e. The summed E-state index contributed by atoms with van der Waals surface area (Å²) in [6.07, 6.45) is 4.23. The lowest BCUT2D eigenvalue weighted by atomic mass is 9.90. The van der Waals surface area contributed by atoms with Crippen molar-refractivity contribution in [2.24, 2.45) is 0 Å². The highest BCUT2D eigenvalue weighted by Gasteiger charge is 2.42. The molecule has 270 valence electrons. The van der Waals surface area contributed by atoms with Gasteiger partial charge in [0, 0.05) is 17.2 Å². The highest BCUT2D eigenvalue weighted by Crippen LogP contribution is 2.58. The van der Waals surface area contributed by atoms with Crippen molar-refractivity contribution in [2.75, 3.05) is 13.2 Å². The Morgan fingerprint density at radius 2 is 1.13 bits per heavy atom. The van der Waals surface area contributed by atoms with Gasteiger partial charge in [-0.25, -0.2) is 14.4 Å². The number of unbranched alkanes of at least 4 members (excludes halogenated alkanes) is 4. The van der Waals surface area contributed by atoms with Crippen molar-refractivity contribution in [1.82, 2.24) is 0 Å². The molecule has 7 nitrogen and oxygen atoms in total. The first-order valence-electron chi connectivity index (χ1n) is 17.5. The molecule has 2 aliphatic carbocycles. The fraction of sp³-hybridized carbons (Fsp3) is 0.310. The zero-order valence-electron chi connectivity index (χ0n) is 28.6. The Bertz CT molecular complexity index is 1900. The maximum atomic E-state index is 13.2. The Morgan fingerprint density at radius 1 is 0.654 bits per heavy atom. The molecule has 1 saturated carbocycles. The van der Waals surface area contributed by atoms with Crippen LogP contribution in [-0.4, -0.2) is 31.1 Å². The van der Waals surface area contributed by atoms with E-state index in [0.29, 0.717) is 52.7 Å². The summed E-state index contributed by atoms with van der Waals surface area (Å²) >= 11 is 0. The summed E-state index contributed by atoms with van der Waals surface area (Å²) in [6.45, 7) is 4.32. The number of fused-ring (bicyclic) bond motifs is 5. The molecule has 0 N–H and O–H groups in total. The molecule has 0 amide bonds. The number of alkyl halides is 3. The molecule has 10 heteroatoms. The van der Waals surface area contributed by atoms with Gasteiger partial charge in [0.05, 0.1) is 29.9 Å². The summed E-state index contributed by atoms with van der Waals surface area (Å²) in [6, 6.07) is 21.6. The van der Waals surface area contributed by atoms with Crippen LogP contribution < -0.4 is 14.2 Å². The summed E-state index contributed by atoms with van der Waals surface area (Å²) in [5, 5.41) is 0. The topological polar surface area (TPSA) is 88.1 Å². The Labute approximate surface area is 300 Å². The molecular weight excluding hydrogens is 673 g/mol. The number of rotatable bonds is 15. The standard InChI is InChI=1S/C42H39F3O7/c1-2-37(46)50-25-7-5-3-4-6-24-49-34-20-16-30(17-21-34)41(48)52-36-23-22-35(38-31-12-13-32(26-31)39(36)38)51-40(47)29-10-8-27(9-11-29)28-14-18-33(19-15-28)42(43,44)45/h2,8-11,14-23,31-32H,1,3-7,12-13,24-26H2. The number of benzene rings is 4. The monoisotopic (exact) mass is 712 g/mol. The Morgan fingerprint density at radius 3 is 1.65 bits per heavy atom. The van der Waals surface area contributed by atoms with Gasteiger partial charge >= 0.3 is 24.1 Å². The molecule has 0 radical (unpaired) electrons. The van der Waals surface area contributed by atoms with Gasteiger partial charge in [-0.05, 0) is 116 Å². The first-order valence-corrected chi connectivity index (χ1v) is 17.5. The van der Waals surface area contributed by atoms with Gasteiger partial charge in [-0.2, -0.15) is 13.2 Å². The zero-order chi connectivity index (χ0) is 36.7. The van der Waals surface area contributed by atoms with Crippen LogP contribution in [0.1, 0.15) is 101 Å². The third-order valence-electron chi connectivity index (χ3n) is 9.59. The van der Waals surface area contributed by atoms with Gasteiger partial charge in [0.2, 0.25) is 0 Å². The molecule has 4 aromatic carbocycles. The van der Waals surface area contributed by atoms with Crippen LogP contribution in [0.4, 0.5) is 13.2 Å². The molecule has 0 aromatic heterocycles. The van der Waals surface area contributed by atoms with Crippen LogP contribution in [0, 0.1) is 0 Å². The minimum Gasteiger partial charge on any atom is -0.494 e. The minimum absolute atomic E-state index is 0.196. The lowest BCUT2D eigenvalue weighted by Crippen LogP contribution is -2.14. The second-order valence-corrected chi connectivity index (χ2v) is 13.0. The van der Waals surface area contributed by atoms with Crippen LogP contribution in [0.25, 0.3) is 11.1 Å². The predicted octanol–water partition coefficient (Wildman–Crippen LogP) is 10.2. The number of hydrogen-bond donors (Lipinski definition) is 0. The highest BCUT2D eigenvalue weighted by atomic mass is 19.4. The molecule has 2 atom stereocenters. The fourth-order valence-corrected chi connectivity index (χ4v) is 6.93. The Hall–Kier alpha value is -5.38. The Kier molecular flexibility index (Phi) is 11.4. The molecule has 2 unspecified atom stereocenters. The minimum atomic E-state index is -4.41. The van der Waals surface area contributed by atoms with Gasteiger partial charge in [0.15, 0.2) is 0 Å². The van der Waals surface area contributed by atoms with Crippen molar-refractivity contribution in [1.29, 1.82) is 0 Å². The summed E-state index contributed by atoms with van der Waals surface area (Å²) in [7, 11) is 0. The molecule has 0 heterocycles. The Balaban J connectivity index is 1.03. The molecule has 1 fully saturated rings. The maximum Gasteiger partial charge on any atom is 0.416 e. The molecule has 0 spiro atoms.